The fourth-order valence-electron chi connectivity index (χ4n) is 6.00. The quantitative estimate of drug-likeness (QED) is 0.280. The molecule has 222 valence electrons. The van der Waals surface area contributed by atoms with E-state index >= 15 is 8.78 Å². The van der Waals surface area contributed by atoms with Crippen LogP contribution in [-0.4, -0.2) is 44.4 Å². The summed E-state index contributed by atoms with van der Waals surface area (Å²) in [7, 11) is 0. The number of aromatic nitrogens is 2. The lowest BCUT2D eigenvalue weighted by atomic mass is 10.0. The summed E-state index contributed by atoms with van der Waals surface area (Å²) < 4.78 is 44.8. The summed E-state index contributed by atoms with van der Waals surface area (Å²) in [5.41, 5.74) is -0.147. The van der Waals surface area contributed by atoms with Crippen LogP contribution in [0.4, 0.5) is 18.4 Å². The van der Waals surface area contributed by atoms with Gasteiger partial charge in [-0.15, -0.1) is 0 Å². The number of carbonyl (C=O) groups is 2. The molecule has 2 fully saturated rings. The maximum atomic E-state index is 15.7. The van der Waals surface area contributed by atoms with Crippen LogP contribution in [0.25, 0.3) is 22.4 Å². The normalized spacial score (nSPS) is 19.9. The number of rotatable bonds is 2. The van der Waals surface area contributed by atoms with Crippen LogP contribution in [-0.2, 0) is 15.4 Å². The smallest absolute Gasteiger partial charge is 0.420 e. The Balaban J connectivity index is 1.46. The average molecular weight is 643 g/mol. The first-order valence-corrected chi connectivity index (χ1v) is 14.9. The third-order valence-electron chi connectivity index (χ3n) is 8.02. The van der Waals surface area contributed by atoms with Crippen molar-refractivity contribution in [2.24, 2.45) is 5.41 Å². The fourth-order valence-corrected chi connectivity index (χ4v) is 6.36. The Morgan fingerprint density at radius 1 is 0.929 bits per heavy atom. The van der Waals surface area contributed by atoms with Crippen molar-refractivity contribution in [1.82, 2.24) is 14.5 Å². The van der Waals surface area contributed by atoms with E-state index in [1.165, 1.54) is 22.9 Å². The van der Waals surface area contributed by atoms with Gasteiger partial charge in [-0.3, -0.25) is 4.90 Å². The SMILES string of the molecule is CC(C)(C)OC(=O)N1CC2(CC2)C[C@H]1c1ncc(-c2ccc3c(c2)C(F)(F)c2cc(Br)ccc2-3)n1C(=O)OC(C)(C)C. The highest BCUT2D eigenvalue weighted by atomic mass is 79.9. The molecular formula is C32H34BrF2N3O4. The average Bonchev–Trinajstić information content (AvgIpc) is 3.22. The molecule has 1 atom stereocenters. The summed E-state index contributed by atoms with van der Waals surface area (Å²) >= 11 is 3.31. The Kier molecular flexibility index (Phi) is 6.43. The molecule has 1 aromatic heterocycles. The van der Waals surface area contributed by atoms with Gasteiger partial charge in [0.25, 0.3) is 5.92 Å². The third-order valence-corrected chi connectivity index (χ3v) is 8.51. The Labute approximate surface area is 252 Å². The number of ether oxygens (including phenoxy) is 2. The number of carbonyl (C=O) groups excluding carboxylic acids is 2. The molecule has 1 amide bonds. The van der Waals surface area contributed by atoms with E-state index in [0.717, 1.165) is 12.8 Å². The maximum absolute atomic E-state index is 15.7. The molecule has 1 saturated carbocycles. The molecule has 3 aliphatic rings. The highest BCUT2D eigenvalue weighted by Gasteiger charge is 2.56. The monoisotopic (exact) mass is 641 g/mol. The van der Waals surface area contributed by atoms with E-state index in [4.69, 9.17) is 9.47 Å². The minimum Gasteiger partial charge on any atom is -0.444 e. The van der Waals surface area contributed by atoms with Gasteiger partial charge in [0, 0.05) is 27.7 Å². The standard InChI is InChI=1S/C32H34BrF2N3O4/c1-29(2,3)41-27(39)37-17-31(11-12-31)15-24(37)26-36-16-25(38(26)28(40)42-30(4,5)6)18-7-9-20-21-10-8-19(33)14-23(21)32(34,35)22(20)13-18/h7-10,13-14,16,24H,11-12,15,17H2,1-6H3/t24-/m0/s1. The van der Waals surface area contributed by atoms with E-state index in [1.807, 2.05) is 20.8 Å². The van der Waals surface area contributed by atoms with Gasteiger partial charge in [-0.05, 0) is 95.5 Å². The largest absolute Gasteiger partial charge is 0.444 e. The van der Waals surface area contributed by atoms with Gasteiger partial charge in [0.2, 0.25) is 0 Å². The molecule has 0 radical (unpaired) electrons. The summed E-state index contributed by atoms with van der Waals surface area (Å²) in [6.07, 6.45) is 2.91. The molecule has 0 N–H and O–H groups in total. The van der Waals surface area contributed by atoms with E-state index in [2.05, 4.69) is 20.9 Å². The number of amides is 1. The second kappa shape index (κ2) is 9.36. The minimum absolute atomic E-state index is 0.0396. The van der Waals surface area contributed by atoms with Gasteiger partial charge < -0.3 is 9.47 Å². The van der Waals surface area contributed by atoms with E-state index in [1.54, 1.807) is 49.9 Å². The first-order valence-electron chi connectivity index (χ1n) is 14.1. The number of hydrogen-bond donors (Lipinski definition) is 0. The molecule has 3 aromatic rings. The molecule has 7 nitrogen and oxygen atoms in total. The van der Waals surface area contributed by atoms with E-state index in [-0.39, 0.29) is 16.5 Å². The van der Waals surface area contributed by atoms with Crippen molar-refractivity contribution in [2.45, 2.75) is 84.0 Å². The van der Waals surface area contributed by atoms with Crippen molar-refractivity contribution in [3.05, 3.63) is 64.0 Å². The molecule has 2 heterocycles. The first-order chi connectivity index (χ1) is 19.5. The molecule has 10 heteroatoms. The number of benzene rings is 2. The maximum Gasteiger partial charge on any atom is 0.420 e. The van der Waals surface area contributed by atoms with Crippen LogP contribution in [0, 0.1) is 5.41 Å². The van der Waals surface area contributed by atoms with Crippen molar-refractivity contribution in [1.29, 1.82) is 0 Å². The summed E-state index contributed by atoms with van der Waals surface area (Å²) in [6, 6.07) is 9.13. The number of alkyl halides is 2. The van der Waals surface area contributed by atoms with Gasteiger partial charge in [-0.2, -0.15) is 8.78 Å². The topological polar surface area (TPSA) is 73.7 Å². The van der Waals surface area contributed by atoms with E-state index < -0.39 is 35.4 Å². The lowest BCUT2D eigenvalue weighted by Crippen LogP contribution is -2.38. The Morgan fingerprint density at radius 3 is 2.14 bits per heavy atom. The van der Waals surface area contributed by atoms with Crippen molar-refractivity contribution in [3.63, 3.8) is 0 Å². The van der Waals surface area contributed by atoms with Crippen LogP contribution in [0.2, 0.25) is 0 Å². The third kappa shape index (κ3) is 5.01. The van der Waals surface area contributed by atoms with E-state index in [0.29, 0.717) is 45.6 Å². The van der Waals surface area contributed by atoms with E-state index in [9.17, 15) is 9.59 Å². The molecule has 1 aliphatic heterocycles. The second-order valence-electron chi connectivity index (χ2n) is 13.7. The number of fused-ring (bicyclic) bond motifs is 3. The Hall–Kier alpha value is -3.27. The van der Waals surface area contributed by atoms with Gasteiger partial charge in [0.1, 0.15) is 17.0 Å². The lowest BCUT2D eigenvalue weighted by Gasteiger charge is -2.29. The molecule has 1 spiro atoms. The number of likely N-dealkylation sites (tertiary alicyclic amines) is 1. The van der Waals surface area contributed by atoms with Crippen molar-refractivity contribution in [3.8, 4) is 22.4 Å². The van der Waals surface area contributed by atoms with Crippen molar-refractivity contribution in [2.75, 3.05) is 6.54 Å². The second-order valence-corrected chi connectivity index (χ2v) is 14.6. The number of imidazole rings is 1. The highest BCUT2D eigenvalue weighted by Crippen LogP contribution is 2.59. The number of nitrogens with zero attached hydrogens (tertiary/aromatic N) is 3. The van der Waals surface area contributed by atoms with Crippen LogP contribution in [0.3, 0.4) is 0 Å². The van der Waals surface area contributed by atoms with Gasteiger partial charge in [-0.1, -0.05) is 34.1 Å². The molecule has 2 aliphatic carbocycles. The van der Waals surface area contributed by atoms with Crippen LogP contribution in [0.5, 0.6) is 0 Å². The molecule has 1 saturated heterocycles. The molecule has 2 aromatic carbocycles. The molecular weight excluding hydrogens is 608 g/mol. The Bertz CT molecular complexity index is 1610. The summed E-state index contributed by atoms with van der Waals surface area (Å²) in [4.78, 5) is 33.4. The minimum atomic E-state index is -3.22. The zero-order valence-electron chi connectivity index (χ0n) is 24.6. The fraction of sp³-hybridized carbons (Fsp3) is 0.469. The predicted molar refractivity (Wildman–Crippen MR) is 157 cm³/mol. The van der Waals surface area contributed by atoms with Gasteiger partial charge in [0.05, 0.1) is 17.9 Å². The Morgan fingerprint density at radius 2 is 1.52 bits per heavy atom. The number of hydrogen-bond acceptors (Lipinski definition) is 5. The highest BCUT2D eigenvalue weighted by molar-refractivity contribution is 9.10. The van der Waals surface area contributed by atoms with Crippen LogP contribution in [0.1, 0.15) is 83.8 Å². The lowest BCUT2D eigenvalue weighted by molar-refractivity contribution is 0.0201. The van der Waals surface area contributed by atoms with Gasteiger partial charge in [0.15, 0.2) is 0 Å². The molecule has 0 unspecified atom stereocenters. The van der Waals surface area contributed by atoms with Gasteiger partial charge in [-0.25, -0.2) is 19.1 Å². The molecule has 6 rings (SSSR count). The molecule has 42 heavy (non-hydrogen) atoms. The zero-order chi connectivity index (χ0) is 30.4. The number of halogens is 3. The van der Waals surface area contributed by atoms with Gasteiger partial charge >= 0.3 is 12.2 Å². The zero-order valence-corrected chi connectivity index (χ0v) is 26.1. The summed E-state index contributed by atoms with van der Waals surface area (Å²) in [6.45, 7) is 11.2. The van der Waals surface area contributed by atoms with Crippen molar-refractivity contribution < 1.29 is 27.8 Å². The van der Waals surface area contributed by atoms with Crippen molar-refractivity contribution >= 4 is 28.1 Å². The summed E-state index contributed by atoms with van der Waals surface area (Å²) in [5, 5.41) is 0. The van der Waals surface area contributed by atoms with Crippen LogP contribution in [0.15, 0.2) is 47.1 Å². The first kappa shape index (κ1) is 28.8. The van der Waals surface area contributed by atoms with Crippen LogP contribution < -0.4 is 0 Å². The summed E-state index contributed by atoms with van der Waals surface area (Å²) in [5.74, 6) is -2.89. The van der Waals surface area contributed by atoms with Crippen LogP contribution >= 0.6 is 15.9 Å². The predicted octanol–water partition coefficient (Wildman–Crippen LogP) is 8.68. The molecule has 0 bridgehead atoms.